The monoisotopic (exact) mass is 223 g/mol. The van der Waals surface area contributed by atoms with Crippen molar-refractivity contribution in [3.05, 3.63) is 29.8 Å². The predicted molar refractivity (Wildman–Crippen MR) is 52.8 cm³/mol. The Bertz CT molecular complexity index is 296. The van der Waals surface area contributed by atoms with E-state index in [1.807, 2.05) is 0 Å². The van der Waals surface area contributed by atoms with Crippen LogP contribution in [0.25, 0.3) is 0 Å². The number of benzene rings is 1. The summed E-state index contributed by atoms with van der Waals surface area (Å²) in [5.41, 5.74) is 5.28. The third-order valence-electron chi connectivity index (χ3n) is 1.55. The molecule has 1 atom stereocenters. The van der Waals surface area contributed by atoms with Gasteiger partial charge in [0.05, 0.1) is 0 Å². The number of halogens is 3. The van der Waals surface area contributed by atoms with Gasteiger partial charge < -0.3 is 10.5 Å². The molecule has 0 aromatic heterocycles. The summed E-state index contributed by atoms with van der Waals surface area (Å²) in [5.74, 6) is -1.30. The fourth-order valence-electron chi connectivity index (χ4n) is 0.836. The molecule has 0 heterocycles. The maximum absolute atomic E-state index is 12.9. The summed E-state index contributed by atoms with van der Waals surface area (Å²) < 4.78 is 30.5. The Kier molecular flexibility index (Phi) is 5.42. The van der Waals surface area contributed by atoms with Crippen LogP contribution >= 0.6 is 12.4 Å². The largest absolute Gasteiger partial charge is 0.486 e. The van der Waals surface area contributed by atoms with Crippen LogP contribution in [-0.2, 0) is 0 Å². The highest BCUT2D eigenvalue weighted by Gasteiger charge is 2.07. The second kappa shape index (κ2) is 5.78. The highest BCUT2D eigenvalue weighted by atomic mass is 35.5. The zero-order chi connectivity index (χ0) is 9.84. The van der Waals surface area contributed by atoms with Crippen molar-refractivity contribution in [2.45, 2.75) is 13.0 Å². The first-order valence-corrected chi connectivity index (χ1v) is 3.95. The van der Waals surface area contributed by atoms with E-state index in [0.717, 1.165) is 12.1 Å². The average molecular weight is 224 g/mol. The molecule has 1 unspecified atom stereocenters. The Balaban J connectivity index is 0.00000169. The highest BCUT2D eigenvalue weighted by Crippen LogP contribution is 2.18. The maximum atomic E-state index is 12.9. The summed E-state index contributed by atoms with van der Waals surface area (Å²) in [5, 5.41) is 0. The van der Waals surface area contributed by atoms with Gasteiger partial charge in [0.25, 0.3) is 0 Å². The van der Waals surface area contributed by atoms with Crippen LogP contribution in [-0.4, -0.2) is 12.6 Å². The zero-order valence-electron chi connectivity index (χ0n) is 7.67. The minimum Gasteiger partial charge on any atom is -0.486 e. The molecular weight excluding hydrogens is 212 g/mol. The molecule has 0 aliphatic heterocycles. The summed E-state index contributed by atoms with van der Waals surface area (Å²) in [6, 6.07) is 3.16. The number of rotatable bonds is 3. The van der Waals surface area contributed by atoms with E-state index < -0.39 is 11.6 Å². The van der Waals surface area contributed by atoms with Crippen LogP contribution in [0.5, 0.6) is 5.75 Å². The summed E-state index contributed by atoms with van der Waals surface area (Å²) in [4.78, 5) is 0. The van der Waals surface area contributed by atoms with Gasteiger partial charge in [-0.2, -0.15) is 0 Å². The lowest BCUT2D eigenvalue weighted by atomic mass is 10.3. The van der Waals surface area contributed by atoms with Gasteiger partial charge in [-0.05, 0) is 19.1 Å². The van der Waals surface area contributed by atoms with Gasteiger partial charge in [0.1, 0.15) is 11.9 Å². The lowest BCUT2D eigenvalue weighted by Crippen LogP contribution is -2.23. The summed E-state index contributed by atoms with van der Waals surface area (Å²) >= 11 is 0. The van der Waals surface area contributed by atoms with E-state index in [2.05, 4.69) is 0 Å². The minimum atomic E-state index is -0.708. The van der Waals surface area contributed by atoms with Gasteiger partial charge in [-0.15, -0.1) is 12.4 Å². The number of nitrogens with two attached hydrogens (primary N) is 1. The lowest BCUT2D eigenvalue weighted by Gasteiger charge is -2.12. The molecule has 2 N–H and O–H groups in total. The molecule has 2 nitrogen and oxygen atoms in total. The molecule has 0 saturated carbocycles. The van der Waals surface area contributed by atoms with Crippen LogP contribution < -0.4 is 10.5 Å². The van der Waals surface area contributed by atoms with Crippen molar-refractivity contribution >= 4 is 12.4 Å². The zero-order valence-corrected chi connectivity index (χ0v) is 8.48. The lowest BCUT2D eigenvalue weighted by molar-refractivity contribution is 0.219. The first kappa shape index (κ1) is 13.1. The van der Waals surface area contributed by atoms with E-state index in [4.69, 9.17) is 10.5 Å². The fraction of sp³-hybridized carbons (Fsp3) is 0.333. The van der Waals surface area contributed by atoms with Crippen LogP contribution in [0.3, 0.4) is 0 Å². The Morgan fingerprint density at radius 2 is 2.07 bits per heavy atom. The van der Waals surface area contributed by atoms with Crippen LogP contribution in [0.4, 0.5) is 8.78 Å². The first-order chi connectivity index (χ1) is 6.13. The molecule has 0 bridgehead atoms. The number of hydrogen-bond donors (Lipinski definition) is 1. The van der Waals surface area contributed by atoms with Crippen LogP contribution in [0.15, 0.2) is 18.2 Å². The van der Waals surface area contributed by atoms with Gasteiger partial charge in [-0.3, -0.25) is 0 Å². The van der Waals surface area contributed by atoms with E-state index in [0.29, 0.717) is 0 Å². The topological polar surface area (TPSA) is 35.2 Å². The van der Waals surface area contributed by atoms with E-state index in [1.54, 1.807) is 6.92 Å². The van der Waals surface area contributed by atoms with E-state index in [-0.39, 0.29) is 30.8 Å². The van der Waals surface area contributed by atoms with Gasteiger partial charge in [0.2, 0.25) is 0 Å². The minimum absolute atomic E-state index is 0. The SMILES string of the molecule is CC(CN)Oc1ccc(F)cc1F.Cl. The van der Waals surface area contributed by atoms with Gasteiger partial charge in [-0.25, -0.2) is 8.78 Å². The molecule has 1 aromatic carbocycles. The third-order valence-corrected chi connectivity index (χ3v) is 1.55. The smallest absolute Gasteiger partial charge is 0.167 e. The van der Waals surface area contributed by atoms with Gasteiger partial charge in [0, 0.05) is 12.6 Å². The van der Waals surface area contributed by atoms with Crippen LogP contribution in [0, 0.1) is 11.6 Å². The maximum Gasteiger partial charge on any atom is 0.167 e. The van der Waals surface area contributed by atoms with Gasteiger partial charge in [0.15, 0.2) is 11.6 Å². The van der Waals surface area contributed by atoms with Crippen molar-refractivity contribution < 1.29 is 13.5 Å². The molecule has 0 amide bonds. The molecule has 1 rings (SSSR count). The van der Waals surface area contributed by atoms with Crippen molar-refractivity contribution in [2.75, 3.05) is 6.54 Å². The third kappa shape index (κ3) is 3.47. The Labute approximate surface area is 87.5 Å². The second-order valence-electron chi connectivity index (χ2n) is 2.74. The predicted octanol–water partition coefficient (Wildman–Crippen LogP) is 2.11. The molecule has 0 aliphatic rings. The Morgan fingerprint density at radius 3 is 2.57 bits per heavy atom. The van der Waals surface area contributed by atoms with Crippen molar-refractivity contribution in [3.63, 3.8) is 0 Å². The number of hydrogen-bond acceptors (Lipinski definition) is 2. The van der Waals surface area contributed by atoms with Crippen molar-refractivity contribution in [1.29, 1.82) is 0 Å². The molecule has 5 heteroatoms. The van der Waals surface area contributed by atoms with Crippen LogP contribution in [0.1, 0.15) is 6.92 Å². The molecule has 80 valence electrons. The quantitative estimate of drug-likeness (QED) is 0.852. The molecule has 1 aromatic rings. The van der Waals surface area contributed by atoms with Crippen molar-refractivity contribution in [1.82, 2.24) is 0 Å². The summed E-state index contributed by atoms with van der Waals surface area (Å²) in [6.45, 7) is 2.00. The molecule has 0 aliphatic carbocycles. The van der Waals surface area contributed by atoms with Gasteiger partial charge in [-0.1, -0.05) is 0 Å². The Morgan fingerprint density at radius 1 is 1.43 bits per heavy atom. The first-order valence-electron chi connectivity index (χ1n) is 3.95. The Hall–Kier alpha value is -0.870. The standard InChI is InChI=1S/C9H11F2NO.ClH/c1-6(5-12)13-9-3-2-7(10)4-8(9)11;/h2-4,6H,5,12H2,1H3;1H. The molecular formula is C9H12ClF2NO. The highest BCUT2D eigenvalue weighted by molar-refractivity contribution is 5.85. The fourth-order valence-corrected chi connectivity index (χ4v) is 0.836. The summed E-state index contributed by atoms with van der Waals surface area (Å²) in [7, 11) is 0. The summed E-state index contributed by atoms with van der Waals surface area (Å²) in [6.07, 6.45) is -0.278. The molecule has 0 saturated heterocycles. The van der Waals surface area contributed by atoms with E-state index in [1.165, 1.54) is 6.07 Å². The molecule has 0 fully saturated rings. The van der Waals surface area contributed by atoms with Gasteiger partial charge >= 0.3 is 0 Å². The second-order valence-corrected chi connectivity index (χ2v) is 2.74. The molecule has 0 radical (unpaired) electrons. The van der Waals surface area contributed by atoms with E-state index >= 15 is 0 Å². The normalized spacial score (nSPS) is 11.7. The average Bonchev–Trinajstić information content (AvgIpc) is 2.09. The van der Waals surface area contributed by atoms with Crippen molar-refractivity contribution in [2.24, 2.45) is 5.73 Å². The number of ether oxygens (including phenoxy) is 1. The van der Waals surface area contributed by atoms with Crippen LogP contribution in [0.2, 0.25) is 0 Å². The van der Waals surface area contributed by atoms with E-state index in [9.17, 15) is 8.78 Å². The van der Waals surface area contributed by atoms with Crippen molar-refractivity contribution in [3.8, 4) is 5.75 Å². The molecule has 0 spiro atoms. The molecule has 14 heavy (non-hydrogen) atoms.